The van der Waals surface area contributed by atoms with E-state index in [2.05, 4.69) is 5.43 Å². The molecule has 3 N–H and O–H groups in total. The number of hydrogen-bond acceptors (Lipinski definition) is 3. The Morgan fingerprint density at radius 1 is 1.38 bits per heavy atom. The Morgan fingerprint density at radius 3 is 2.56 bits per heavy atom. The standard InChI is InChI=1S/C12H18N2O2/c1-12(2,11(15)14-13)9-16-8-10-6-4-3-5-7-10/h3-7H,8-9,13H2,1-2H3,(H,14,15). The predicted octanol–water partition coefficient (Wildman–Crippen LogP) is 1.22. The zero-order valence-electron chi connectivity index (χ0n) is 9.69. The molecule has 0 fully saturated rings. The summed E-state index contributed by atoms with van der Waals surface area (Å²) in [5.41, 5.74) is 2.62. The monoisotopic (exact) mass is 222 g/mol. The lowest BCUT2D eigenvalue weighted by Crippen LogP contribution is -2.43. The van der Waals surface area contributed by atoms with E-state index in [0.717, 1.165) is 5.56 Å². The van der Waals surface area contributed by atoms with E-state index in [0.29, 0.717) is 13.2 Å². The SMILES string of the molecule is CC(C)(COCc1ccccc1)C(=O)NN. The molecule has 1 amide bonds. The van der Waals surface area contributed by atoms with Gasteiger partial charge in [-0.2, -0.15) is 0 Å². The molecule has 88 valence electrons. The summed E-state index contributed by atoms with van der Waals surface area (Å²) < 4.78 is 5.49. The number of benzene rings is 1. The molecule has 0 radical (unpaired) electrons. The average molecular weight is 222 g/mol. The third kappa shape index (κ3) is 3.64. The van der Waals surface area contributed by atoms with Gasteiger partial charge in [0, 0.05) is 0 Å². The van der Waals surface area contributed by atoms with E-state index in [1.807, 2.05) is 30.3 Å². The van der Waals surface area contributed by atoms with Gasteiger partial charge in [-0.3, -0.25) is 10.2 Å². The van der Waals surface area contributed by atoms with Crippen molar-refractivity contribution in [3.8, 4) is 0 Å². The summed E-state index contributed by atoms with van der Waals surface area (Å²) in [6, 6.07) is 9.83. The largest absolute Gasteiger partial charge is 0.376 e. The lowest BCUT2D eigenvalue weighted by atomic mass is 9.94. The average Bonchev–Trinajstić information content (AvgIpc) is 2.29. The molecule has 0 aliphatic carbocycles. The first kappa shape index (κ1) is 12.7. The lowest BCUT2D eigenvalue weighted by molar-refractivity contribution is -0.132. The van der Waals surface area contributed by atoms with Crippen LogP contribution in [0.15, 0.2) is 30.3 Å². The number of carbonyl (C=O) groups is 1. The van der Waals surface area contributed by atoms with Crippen LogP contribution in [0.3, 0.4) is 0 Å². The van der Waals surface area contributed by atoms with Crippen molar-refractivity contribution in [2.75, 3.05) is 6.61 Å². The van der Waals surface area contributed by atoms with Crippen LogP contribution >= 0.6 is 0 Å². The molecule has 0 aromatic heterocycles. The van der Waals surface area contributed by atoms with Gasteiger partial charge >= 0.3 is 0 Å². The van der Waals surface area contributed by atoms with E-state index >= 15 is 0 Å². The van der Waals surface area contributed by atoms with Crippen LogP contribution in [0.4, 0.5) is 0 Å². The molecule has 0 aliphatic heterocycles. The molecule has 0 heterocycles. The van der Waals surface area contributed by atoms with Crippen LogP contribution in [0, 0.1) is 5.41 Å². The number of hydrazine groups is 1. The van der Waals surface area contributed by atoms with Crippen molar-refractivity contribution < 1.29 is 9.53 Å². The van der Waals surface area contributed by atoms with E-state index in [1.165, 1.54) is 0 Å². The first-order valence-electron chi connectivity index (χ1n) is 5.19. The highest BCUT2D eigenvalue weighted by Gasteiger charge is 2.27. The predicted molar refractivity (Wildman–Crippen MR) is 62.2 cm³/mol. The fourth-order valence-electron chi connectivity index (χ4n) is 1.26. The van der Waals surface area contributed by atoms with Crippen molar-refractivity contribution in [3.05, 3.63) is 35.9 Å². The van der Waals surface area contributed by atoms with E-state index in [1.54, 1.807) is 13.8 Å². The molecule has 0 aliphatic rings. The first-order chi connectivity index (χ1) is 7.56. The maximum absolute atomic E-state index is 11.4. The third-order valence-corrected chi connectivity index (χ3v) is 2.32. The van der Waals surface area contributed by atoms with Gasteiger partial charge < -0.3 is 4.74 Å². The fraction of sp³-hybridized carbons (Fsp3) is 0.417. The van der Waals surface area contributed by atoms with Crippen LogP contribution in [-0.4, -0.2) is 12.5 Å². The van der Waals surface area contributed by atoms with Crippen LogP contribution in [0.5, 0.6) is 0 Å². The number of hydrogen-bond donors (Lipinski definition) is 2. The molecule has 4 heteroatoms. The van der Waals surface area contributed by atoms with Crippen molar-refractivity contribution >= 4 is 5.91 Å². The minimum atomic E-state index is -0.608. The van der Waals surface area contributed by atoms with Gasteiger partial charge in [0.15, 0.2) is 0 Å². The molecule has 0 bridgehead atoms. The third-order valence-electron chi connectivity index (χ3n) is 2.32. The topological polar surface area (TPSA) is 64.3 Å². The van der Waals surface area contributed by atoms with Crippen molar-refractivity contribution in [3.63, 3.8) is 0 Å². The molecule has 0 unspecified atom stereocenters. The molecule has 0 saturated carbocycles. The molecule has 0 saturated heterocycles. The Hall–Kier alpha value is -1.39. The summed E-state index contributed by atoms with van der Waals surface area (Å²) >= 11 is 0. The molecule has 0 spiro atoms. The van der Waals surface area contributed by atoms with Crippen LogP contribution in [-0.2, 0) is 16.1 Å². The van der Waals surface area contributed by atoms with Crippen molar-refractivity contribution in [2.24, 2.45) is 11.3 Å². The zero-order chi connectivity index (χ0) is 12.0. The Bertz CT molecular complexity index is 336. The summed E-state index contributed by atoms with van der Waals surface area (Å²) in [5.74, 6) is 4.86. The fourth-order valence-corrected chi connectivity index (χ4v) is 1.26. The maximum atomic E-state index is 11.4. The molecule has 4 nitrogen and oxygen atoms in total. The highest BCUT2D eigenvalue weighted by Crippen LogP contribution is 2.16. The van der Waals surface area contributed by atoms with Crippen molar-refractivity contribution in [2.45, 2.75) is 20.5 Å². The number of nitrogens with one attached hydrogen (secondary N) is 1. The number of ether oxygens (including phenoxy) is 1. The Balaban J connectivity index is 2.38. The van der Waals surface area contributed by atoms with Gasteiger partial charge in [0.25, 0.3) is 0 Å². The summed E-state index contributed by atoms with van der Waals surface area (Å²) in [6.07, 6.45) is 0. The number of nitrogens with two attached hydrogens (primary N) is 1. The Labute approximate surface area is 95.8 Å². The number of rotatable bonds is 5. The zero-order valence-corrected chi connectivity index (χ0v) is 9.69. The second-order valence-corrected chi connectivity index (χ2v) is 4.34. The minimum absolute atomic E-state index is 0.222. The molecular formula is C12H18N2O2. The van der Waals surface area contributed by atoms with Crippen LogP contribution in [0.25, 0.3) is 0 Å². The molecular weight excluding hydrogens is 204 g/mol. The Kier molecular flexibility index (Phi) is 4.46. The van der Waals surface area contributed by atoms with Crippen molar-refractivity contribution in [1.29, 1.82) is 0 Å². The summed E-state index contributed by atoms with van der Waals surface area (Å²) in [7, 11) is 0. The molecule has 0 atom stereocenters. The highest BCUT2D eigenvalue weighted by atomic mass is 16.5. The summed E-state index contributed by atoms with van der Waals surface area (Å²) in [6.45, 7) is 4.42. The molecule has 1 aromatic rings. The first-order valence-corrected chi connectivity index (χ1v) is 5.19. The van der Waals surface area contributed by atoms with Gasteiger partial charge in [-0.05, 0) is 19.4 Å². The van der Waals surface area contributed by atoms with Crippen LogP contribution in [0.2, 0.25) is 0 Å². The van der Waals surface area contributed by atoms with E-state index < -0.39 is 5.41 Å². The van der Waals surface area contributed by atoms with Gasteiger partial charge in [-0.1, -0.05) is 30.3 Å². The second kappa shape index (κ2) is 5.63. The molecule has 16 heavy (non-hydrogen) atoms. The van der Waals surface area contributed by atoms with Gasteiger partial charge in [0.1, 0.15) is 0 Å². The quantitative estimate of drug-likeness (QED) is 0.447. The molecule has 1 aromatic carbocycles. The van der Waals surface area contributed by atoms with E-state index in [4.69, 9.17) is 10.6 Å². The molecule has 1 rings (SSSR count). The van der Waals surface area contributed by atoms with E-state index in [9.17, 15) is 4.79 Å². The second-order valence-electron chi connectivity index (χ2n) is 4.34. The van der Waals surface area contributed by atoms with E-state index in [-0.39, 0.29) is 5.91 Å². The van der Waals surface area contributed by atoms with Gasteiger partial charge in [-0.15, -0.1) is 0 Å². The minimum Gasteiger partial charge on any atom is -0.376 e. The maximum Gasteiger partial charge on any atom is 0.241 e. The number of carbonyl (C=O) groups excluding carboxylic acids is 1. The highest BCUT2D eigenvalue weighted by molar-refractivity contribution is 5.81. The van der Waals surface area contributed by atoms with Gasteiger partial charge in [0.05, 0.1) is 18.6 Å². The van der Waals surface area contributed by atoms with Crippen molar-refractivity contribution in [1.82, 2.24) is 5.43 Å². The smallest absolute Gasteiger partial charge is 0.241 e. The lowest BCUT2D eigenvalue weighted by Gasteiger charge is -2.21. The number of amides is 1. The Morgan fingerprint density at radius 2 is 2.00 bits per heavy atom. The summed E-state index contributed by atoms with van der Waals surface area (Å²) in [5, 5.41) is 0. The van der Waals surface area contributed by atoms with Crippen LogP contribution < -0.4 is 11.3 Å². The summed E-state index contributed by atoms with van der Waals surface area (Å²) in [4.78, 5) is 11.4. The normalized spacial score (nSPS) is 11.2. The van der Waals surface area contributed by atoms with Crippen LogP contribution in [0.1, 0.15) is 19.4 Å². The van der Waals surface area contributed by atoms with Gasteiger partial charge in [0.2, 0.25) is 5.91 Å². The van der Waals surface area contributed by atoms with Gasteiger partial charge in [-0.25, -0.2) is 5.84 Å².